The molecule has 0 saturated carbocycles. The summed E-state index contributed by atoms with van der Waals surface area (Å²) < 4.78 is 7.87. The maximum Gasteiger partial charge on any atom is 0.233 e. The molecule has 146 valence electrons. The van der Waals surface area contributed by atoms with Crippen LogP contribution in [-0.4, -0.2) is 51.4 Å². The molecule has 6 heteroatoms. The summed E-state index contributed by atoms with van der Waals surface area (Å²) in [6.45, 7) is 7.41. The Kier molecular flexibility index (Phi) is 5.42. The number of nitrogens with zero attached hydrogens (tertiary/aromatic N) is 3. The minimum Gasteiger partial charge on any atom is -0.372 e. The Balaban J connectivity index is 1.59. The normalized spacial score (nSPS) is 19.9. The maximum atomic E-state index is 12.8. The number of rotatable bonds is 4. The second-order valence-electron chi connectivity index (χ2n) is 7.40. The first-order valence-electron chi connectivity index (χ1n) is 9.62. The van der Waals surface area contributed by atoms with Crippen molar-refractivity contribution in [3.05, 3.63) is 54.1 Å². The third-order valence-electron chi connectivity index (χ3n) is 4.92. The van der Waals surface area contributed by atoms with E-state index in [1.807, 2.05) is 36.9 Å². The fourth-order valence-corrected chi connectivity index (χ4v) is 4.57. The van der Waals surface area contributed by atoms with Crippen LogP contribution in [-0.2, 0) is 9.53 Å². The molecule has 28 heavy (non-hydrogen) atoms. The summed E-state index contributed by atoms with van der Waals surface area (Å²) in [5.74, 6) is 0.503. The van der Waals surface area contributed by atoms with E-state index in [9.17, 15) is 4.79 Å². The fourth-order valence-electron chi connectivity index (χ4n) is 3.64. The van der Waals surface area contributed by atoms with Crippen molar-refractivity contribution in [3.63, 3.8) is 0 Å². The number of hydrogen-bond acceptors (Lipinski definition) is 4. The number of hydrogen-bond donors (Lipinski definition) is 0. The van der Waals surface area contributed by atoms with Crippen molar-refractivity contribution in [2.75, 3.05) is 18.8 Å². The molecular weight excluding hydrogens is 370 g/mol. The third-order valence-corrected chi connectivity index (χ3v) is 5.84. The first-order chi connectivity index (χ1) is 13.5. The first kappa shape index (κ1) is 19.0. The SMILES string of the molecule is Cc1ccc(-n2c(SCC(=O)N3C[C@H](C)O[C@@H](C)C3)nc3ccccc32)cc1. The molecule has 0 spiro atoms. The van der Waals surface area contributed by atoms with E-state index in [-0.39, 0.29) is 18.1 Å². The van der Waals surface area contributed by atoms with E-state index in [4.69, 9.17) is 9.72 Å². The predicted octanol–water partition coefficient (Wildman–Crippen LogP) is 4.06. The van der Waals surface area contributed by atoms with E-state index in [2.05, 4.69) is 41.8 Å². The van der Waals surface area contributed by atoms with Gasteiger partial charge >= 0.3 is 0 Å². The Hall–Kier alpha value is -2.31. The molecule has 2 aromatic carbocycles. The lowest BCUT2D eigenvalue weighted by Crippen LogP contribution is -2.48. The lowest BCUT2D eigenvalue weighted by molar-refractivity contribution is -0.140. The van der Waals surface area contributed by atoms with Gasteiger partial charge < -0.3 is 9.64 Å². The molecule has 2 atom stereocenters. The van der Waals surface area contributed by atoms with Crippen LogP contribution in [0.1, 0.15) is 19.4 Å². The molecule has 0 unspecified atom stereocenters. The molecular formula is C22H25N3O2S. The number of morpholine rings is 1. The summed E-state index contributed by atoms with van der Waals surface area (Å²) >= 11 is 1.50. The standard InChI is InChI=1S/C22H25N3O2S/c1-15-8-10-18(11-9-15)25-20-7-5-4-6-19(20)23-22(25)28-14-21(26)24-12-16(2)27-17(3)13-24/h4-11,16-17H,12-14H2,1-3H3/t16-,17-/m0/s1. The van der Waals surface area contributed by atoms with Crippen molar-refractivity contribution in [1.29, 1.82) is 0 Å². The average Bonchev–Trinajstić information content (AvgIpc) is 3.04. The molecule has 5 nitrogen and oxygen atoms in total. The van der Waals surface area contributed by atoms with Gasteiger partial charge in [-0.05, 0) is 45.0 Å². The van der Waals surface area contributed by atoms with Gasteiger partial charge in [0.15, 0.2) is 5.16 Å². The summed E-state index contributed by atoms with van der Waals surface area (Å²) in [4.78, 5) is 19.5. The van der Waals surface area contributed by atoms with Crippen LogP contribution >= 0.6 is 11.8 Å². The van der Waals surface area contributed by atoms with Gasteiger partial charge in [-0.15, -0.1) is 0 Å². The van der Waals surface area contributed by atoms with Crippen molar-refractivity contribution < 1.29 is 9.53 Å². The molecule has 1 saturated heterocycles. The summed E-state index contributed by atoms with van der Waals surface area (Å²) in [7, 11) is 0. The number of ether oxygens (including phenoxy) is 1. The molecule has 1 aliphatic heterocycles. The van der Waals surface area contributed by atoms with Crippen LogP contribution in [0.2, 0.25) is 0 Å². The minimum atomic E-state index is 0.0785. The van der Waals surface area contributed by atoms with Gasteiger partial charge in [-0.2, -0.15) is 0 Å². The van der Waals surface area contributed by atoms with E-state index in [0.717, 1.165) is 21.9 Å². The molecule has 4 rings (SSSR count). The van der Waals surface area contributed by atoms with Crippen LogP contribution in [0, 0.1) is 6.92 Å². The van der Waals surface area contributed by atoms with Crippen LogP contribution in [0.5, 0.6) is 0 Å². The second-order valence-corrected chi connectivity index (χ2v) is 8.34. The summed E-state index contributed by atoms with van der Waals surface area (Å²) in [5, 5.41) is 0.841. The first-order valence-corrected chi connectivity index (χ1v) is 10.6. The molecule has 1 aromatic heterocycles. The van der Waals surface area contributed by atoms with Crippen LogP contribution < -0.4 is 0 Å². The Labute approximate surface area is 169 Å². The lowest BCUT2D eigenvalue weighted by Gasteiger charge is -2.35. The van der Waals surface area contributed by atoms with Crippen molar-refractivity contribution in [2.45, 2.75) is 38.1 Å². The van der Waals surface area contributed by atoms with Crippen molar-refractivity contribution >= 4 is 28.7 Å². The number of carbonyl (C=O) groups excluding carboxylic acids is 1. The van der Waals surface area contributed by atoms with Crippen LogP contribution in [0.15, 0.2) is 53.7 Å². The Bertz CT molecular complexity index is 973. The number of amides is 1. The zero-order valence-electron chi connectivity index (χ0n) is 16.5. The smallest absolute Gasteiger partial charge is 0.233 e. The topological polar surface area (TPSA) is 47.4 Å². The number of para-hydroxylation sites is 2. The van der Waals surface area contributed by atoms with Crippen molar-refractivity contribution in [1.82, 2.24) is 14.5 Å². The summed E-state index contributed by atoms with van der Waals surface area (Å²) in [6, 6.07) is 16.5. The van der Waals surface area contributed by atoms with Crippen LogP contribution in [0.25, 0.3) is 16.7 Å². The number of carbonyl (C=O) groups is 1. The molecule has 3 aromatic rings. The lowest BCUT2D eigenvalue weighted by atomic mass is 10.2. The molecule has 1 fully saturated rings. The molecule has 0 N–H and O–H groups in total. The fraction of sp³-hybridized carbons (Fsp3) is 0.364. The summed E-state index contributed by atoms with van der Waals surface area (Å²) in [6.07, 6.45) is 0.157. The number of fused-ring (bicyclic) bond motifs is 1. The van der Waals surface area contributed by atoms with E-state index in [1.54, 1.807) is 0 Å². The van der Waals surface area contributed by atoms with E-state index in [0.29, 0.717) is 18.8 Å². The number of benzene rings is 2. The second kappa shape index (κ2) is 7.97. The quantitative estimate of drug-likeness (QED) is 0.625. The van der Waals surface area contributed by atoms with Crippen LogP contribution in [0.4, 0.5) is 0 Å². The summed E-state index contributed by atoms with van der Waals surface area (Å²) in [5.41, 5.74) is 4.26. The highest BCUT2D eigenvalue weighted by Crippen LogP contribution is 2.28. The molecule has 0 bridgehead atoms. The number of aromatic nitrogens is 2. The van der Waals surface area contributed by atoms with Gasteiger partial charge in [-0.3, -0.25) is 9.36 Å². The number of aryl methyl sites for hydroxylation is 1. The molecule has 1 amide bonds. The highest BCUT2D eigenvalue weighted by atomic mass is 32.2. The number of thioether (sulfide) groups is 1. The van der Waals surface area contributed by atoms with E-state index >= 15 is 0 Å². The van der Waals surface area contributed by atoms with Gasteiger partial charge in [0.05, 0.1) is 29.0 Å². The van der Waals surface area contributed by atoms with Gasteiger partial charge in [0.1, 0.15) is 0 Å². The van der Waals surface area contributed by atoms with E-state index < -0.39 is 0 Å². The van der Waals surface area contributed by atoms with Gasteiger partial charge in [0, 0.05) is 18.8 Å². The molecule has 0 aliphatic carbocycles. The van der Waals surface area contributed by atoms with E-state index in [1.165, 1.54) is 17.3 Å². The largest absolute Gasteiger partial charge is 0.372 e. The van der Waals surface area contributed by atoms with Gasteiger partial charge in [0.25, 0.3) is 0 Å². The van der Waals surface area contributed by atoms with Crippen molar-refractivity contribution in [3.8, 4) is 5.69 Å². The highest BCUT2D eigenvalue weighted by Gasteiger charge is 2.26. The van der Waals surface area contributed by atoms with Gasteiger partial charge in [-0.1, -0.05) is 41.6 Å². The Morgan fingerprint density at radius 2 is 1.79 bits per heavy atom. The third kappa shape index (κ3) is 3.93. The van der Waals surface area contributed by atoms with Gasteiger partial charge in [0.2, 0.25) is 5.91 Å². The average molecular weight is 396 g/mol. The number of imidazole rings is 1. The predicted molar refractivity (Wildman–Crippen MR) is 113 cm³/mol. The minimum absolute atomic E-state index is 0.0785. The zero-order valence-corrected chi connectivity index (χ0v) is 17.3. The van der Waals surface area contributed by atoms with Gasteiger partial charge in [-0.25, -0.2) is 4.98 Å². The highest BCUT2D eigenvalue weighted by molar-refractivity contribution is 7.99. The van der Waals surface area contributed by atoms with Crippen LogP contribution in [0.3, 0.4) is 0 Å². The molecule has 0 radical (unpaired) electrons. The van der Waals surface area contributed by atoms with Crippen molar-refractivity contribution in [2.24, 2.45) is 0 Å². The zero-order chi connectivity index (χ0) is 19.7. The maximum absolute atomic E-state index is 12.8. The Morgan fingerprint density at radius 3 is 2.50 bits per heavy atom. The monoisotopic (exact) mass is 395 g/mol. The molecule has 1 aliphatic rings. The Morgan fingerprint density at radius 1 is 1.11 bits per heavy atom. The molecule has 2 heterocycles.